The Bertz CT molecular complexity index is 570. The number of amides is 1. The first-order valence-electron chi connectivity index (χ1n) is 4.66. The van der Waals surface area contributed by atoms with Gasteiger partial charge in [0, 0.05) is 10.4 Å². The van der Waals surface area contributed by atoms with Gasteiger partial charge in [0.25, 0.3) is 5.91 Å². The van der Waals surface area contributed by atoms with Gasteiger partial charge in [-0.05, 0) is 40.2 Å². The number of hydrogen-bond acceptors (Lipinski definition) is 3. The summed E-state index contributed by atoms with van der Waals surface area (Å²) < 4.78 is 0.904. The molecule has 3 N–H and O–H groups in total. The van der Waals surface area contributed by atoms with E-state index in [1.54, 1.807) is 29.6 Å². The average molecular weight is 332 g/mol. The number of nitrogens with two attached hydrogens (primary N) is 1. The normalized spacial score (nSPS) is 10.2. The first-order chi connectivity index (χ1) is 8.06. The second kappa shape index (κ2) is 5.08. The third-order valence-corrected chi connectivity index (χ3v) is 3.83. The maximum atomic E-state index is 11.9. The van der Waals surface area contributed by atoms with Crippen molar-refractivity contribution in [2.45, 2.75) is 0 Å². The molecule has 17 heavy (non-hydrogen) atoms. The summed E-state index contributed by atoms with van der Waals surface area (Å²) in [5, 5.41) is 5.01. The highest BCUT2D eigenvalue weighted by Gasteiger charge is 2.10. The van der Waals surface area contributed by atoms with Crippen molar-refractivity contribution in [3.8, 4) is 0 Å². The van der Waals surface area contributed by atoms with Crippen LogP contribution in [0.3, 0.4) is 0 Å². The molecule has 1 heterocycles. The van der Waals surface area contributed by atoms with Gasteiger partial charge in [0.05, 0.1) is 20.7 Å². The Morgan fingerprint density at radius 2 is 2.18 bits per heavy atom. The lowest BCUT2D eigenvalue weighted by Gasteiger charge is -2.07. The second-order valence-corrected chi connectivity index (χ2v) is 6.05. The molecule has 2 rings (SSSR count). The molecular weight excluding hydrogens is 324 g/mol. The number of benzene rings is 1. The SMILES string of the molecule is Nc1ccc(Cl)cc1NC(=O)c1csc(Br)c1. The van der Waals surface area contributed by atoms with E-state index in [0.717, 1.165) is 3.79 Å². The van der Waals surface area contributed by atoms with Crippen LogP contribution in [-0.4, -0.2) is 5.91 Å². The molecule has 88 valence electrons. The van der Waals surface area contributed by atoms with E-state index in [1.807, 2.05) is 0 Å². The van der Waals surface area contributed by atoms with E-state index in [9.17, 15) is 4.79 Å². The van der Waals surface area contributed by atoms with Crippen LogP contribution in [0.5, 0.6) is 0 Å². The zero-order valence-corrected chi connectivity index (χ0v) is 11.7. The Morgan fingerprint density at radius 3 is 2.82 bits per heavy atom. The Morgan fingerprint density at radius 1 is 1.41 bits per heavy atom. The largest absolute Gasteiger partial charge is 0.397 e. The lowest BCUT2D eigenvalue weighted by molar-refractivity contribution is 0.102. The van der Waals surface area contributed by atoms with E-state index in [1.165, 1.54) is 11.3 Å². The summed E-state index contributed by atoms with van der Waals surface area (Å²) in [5.41, 5.74) is 7.33. The highest BCUT2D eigenvalue weighted by atomic mass is 79.9. The van der Waals surface area contributed by atoms with Crippen LogP contribution in [0, 0.1) is 0 Å². The second-order valence-electron chi connectivity index (χ2n) is 3.33. The fraction of sp³-hybridized carbons (Fsp3) is 0. The molecule has 0 saturated carbocycles. The molecule has 0 fully saturated rings. The van der Waals surface area contributed by atoms with E-state index in [4.69, 9.17) is 17.3 Å². The van der Waals surface area contributed by atoms with E-state index in [-0.39, 0.29) is 5.91 Å². The minimum absolute atomic E-state index is 0.207. The number of rotatable bonds is 2. The molecule has 0 bridgehead atoms. The van der Waals surface area contributed by atoms with Gasteiger partial charge in [-0.15, -0.1) is 11.3 Å². The molecule has 0 aliphatic heterocycles. The van der Waals surface area contributed by atoms with Gasteiger partial charge in [-0.2, -0.15) is 0 Å². The standard InChI is InChI=1S/C11H8BrClN2OS/c12-10-3-6(5-17-10)11(16)15-9-4-7(13)1-2-8(9)14/h1-5H,14H2,(H,15,16). The van der Waals surface area contributed by atoms with Gasteiger partial charge in [-0.1, -0.05) is 11.6 Å². The third kappa shape index (κ3) is 3.00. The molecule has 6 heteroatoms. The van der Waals surface area contributed by atoms with E-state index >= 15 is 0 Å². The number of carbonyl (C=O) groups excluding carboxylic acids is 1. The summed E-state index contributed by atoms with van der Waals surface area (Å²) in [6.45, 7) is 0. The van der Waals surface area contributed by atoms with Crippen LogP contribution in [0.1, 0.15) is 10.4 Å². The van der Waals surface area contributed by atoms with Crippen LogP contribution in [0.15, 0.2) is 33.4 Å². The van der Waals surface area contributed by atoms with Crippen LogP contribution in [0.2, 0.25) is 5.02 Å². The highest BCUT2D eigenvalue weighted by Crippen LogP contribution is 2.25. The monoisotopic (exact) mass is 330 g/mol. The van der Waals surface area contributed by atoms with Gasteiger partial charge in [-0.25, -0.2) is 0 Å². The minimum atomic E-state index is -0.207. The summed E-state index contributed by atoms with van der Waals surface area (Å²) in [7, 11) is 0. The van der Waals surface area contributed by atoms with Gasteiger partial charge in [0.2, 0.25) is 0 Å². The van der Waals surface area contributed by atoms with Crippen molar-refractivity contribution in [1.29, 1.82) is 0 Å². The molecular formula is C11H8BrClN2OS. The van der Waals surface area contributed by atoms with Gasteiger partial charge in [0.1, 0.15) is 0 Å². The lowest BCUT2D eigenvalue weighted by atomic mass is 10.2. The first kappa shape index (κ1) is 12.4. The van der Waals surface area contributed by atoms with Crippen LogP contribution in [-0.2, 0) is 0 Å². The number of thiophene rings is 1. The number of carbonyl (C=O) groups is 1. The molecule has 0 aliphatic carbocycles. The number of anilines is 2. The molecule has 0 aliphatic rings. The van der Waals surface area contributed by atoms with Gasteiger partial charge >= 0.3 is 0 Å². The zero-order chi connectivity index (χ0) is 12.4. The Balaban J connectivity index is 2.21. The molecule has 1 amide bonds. The van der Waals surface area contributed by atoms with Crippen molar-refractivity contribution in [3.63, 3.8) is 0 Å². The lowest BCUT2D eigenvalue weighted by Crippen LogP contribution is -2.12. The third-order valence-electron chi connectivity index (χ3n) is 2.09. The fourth-order valence-electron chi connectivity index (χ4n) is 1.26. The van der Waals surface area contributed by atoms with Crippen molar-refractivity contribution < 1.29 is 4.79 Å². The van der Waals surface area contributed by atoms with Crippen molar-refractivity contribution in [3.05, 3.63) is 44.0 Å². The molecule has 1 aromatic heterocycles. The van der Waals surface area contributed by atoms with Crippen LogP contribution < -0.4 is 11.1 Å². The Labute approximate surface area is 116 Å². The number of nitrogens with one attached hydrogen (secondary N) is 1. The molecule has 1 aromatic carbocycles. The number of hydrogen-bond donors (Lipinski definition) is 2. The maximum Gasteiger partial charge on any atom is 0.256 e. The highest BCUT2D eigenvalue weighted by molar-refractivity contribution is 9.11. The van der Waals surface area contributed by atoms with E-state index in [0.29, 0.717) is 22.0 Å². The summed E-state index contributed by atoms with van der Waals surface area (Å²) in [5.74, 6) is -0.207. The first-order valence-corrected chi connectivity index (χ1v) is 6.72. The van der Waals surface area contributed by atoms with Gasteiger partial charge in [-0.3, -0.25) is 4.79 Å². The number of halogens is 2. The minimum Gasteiger partial charge on any atom is -0.397 e. The van der Waals surface area contributed by atoms with E-state index < -0.39 is 0 Å². The predicted molar refractivity (Wildman–Crippen MR) is 75.8 cm³/mol. The smallest absolute Gasteiger partial charge is 0.256 e. The zero-order valence-electron chi connectivity index (χ0n) is 8.54. The molecule has 0 spiro atoms. The van der Waals surface area contributed by atoms with E-state index in [2.05, 4.69) is 21.2 Å². The van der Waals surface area contributed by atoms with Crippen LogP contribution in [0.25, 0.3) is 0 Å². The van der Waals surface area contributed by atoms with Gasteiger partial charge < -0.3 is 11.1 Å². The van der Waals surface area contributed by atoms with Crippen molar-refractivity contribution in [2.24, 2.45) is 0 Å². The number of nitrogen functional groups attached to an aromatic ring is 1. The predicted octanol–water partition coefficient (Wildman–Crippen LogP) is 4.00. The fourth-order valence-corrected chi connectivity index (χ4v) is 2.57. The van der Waals surface area contributed by atoms with Crippen LogP contribution >= 0.6 is 38.9 Å². The van der Waals surface area contributed by atoms with Crippen molar-refractivity contribution in [1.82, 2.24) is 0 Å². The maximum absolute atomic E-state index is 11.9. The van der Waals surface area contributed by atoms with Crippen molar-refractivity contribution in [2.75, 3.05) is 11.1 Å². The Hall–Kier alpha value is -1.04. The summed E-state index contributed by atoms with van der Waals surface area (Å²) in [6.07, 6.45) is 0. The Kier molecular flexibility index (Phi) is 3.71. The average Bonchev–Trinajstić information content (AvgIpc) is 2.70. The topological polar surface area (TPSA) is 55.1 Å². The molecule has 0 atom stereocenters. The van der Waals surface area contributed by atoms with Crippen LogP contribution in [0.4, 0.5) is 11.4 Å². The summed E-state index contributed by atoms with van der Waals surface area (Å²) in [4.78, 5) is 11.9. The molecule has 0 unspecified atom stereocenters. The molecule has 2 aromatic rings. The molecule has 0 radical (unpaired) electrons. The van der Waals surface area contributed by atoms with Crippen molar-refractivity contribution >= 4 is 56.1 Å². The quantitative estimate of drug-likeness (QED) is 0.817. The summed E-state index contributed by atoms with van der Waals surface area (Å²) in [6, 6.07) is 6.70. The summed E-state index contributed by atoms with van der Waals surface area (Å²) >= 11 is 10.6. The van der Waals surface area contributed by atoms with Gasteiger partial charge in [0.15, 0.2) is 0 Å². The molecule has 3 nitrogen and oxygen atoms in total. The molecule has 0 saturated heterocycles.